The molecule has 6 nitrogen and oxygen atoms in total. The summed E-state index contributed by atoms with van der Waals surface area (Å²) in [6.07, 6.45) is 9.63. The molecule has 4 heterocycles. The third-order valence-electron chi connectivity index (χ3n) is 7.86. The number of amides is 1. The van der Waals surface area contributed by atoms with Crippen molar-refractivity contribution in [3.63, 3.8) is 0 Å². The second-order valence-electron chi connectivity index (χ2n) is 9.72. The molecule has 0 saturated carbocycles. The fourth-order valence-electron chi connectivity index (χ4n) is 6.45. The van der Waals surface area contributed by atoms with Gasteiger partial charge in [0.05, 0.1) is 17.2 Å². The van der Waals surface area contributed by atoms with Crippen molar-refractivity contribution in [3.05, 3.63) is 40.9 Å². The summed E-state index contributed by atoms with van der Waals surface area (Å²) in [6.45, 7) is 5.70. The van der Waals surface area contributed by atoms with Gasteiger partial charge in [0.2, 0.25) is 5.91 Å². The molecule has 3 aliphatic rings. The lowest BCUT2D eigenvalue weighted by Gasteiger charge is -2.57. The minimum atomic E-state index is -0.0604. The Labute approximate surface area is 184 Å². The van der Waals surface area contributed by atoms with Crippen molar-refractivity contribution in [1.82, 2.24) is 19.4 Å². The van der Waals surface area contributed by atoms with E-state index in [4.69, 9.17) is 0 Å². The standard InChI is InChI=1S/C25H34N4O2/c1-2-7-22-18-14-19(23-10-5-6-12-29(22)23)16-28(15-18)24(30)11-13-27-17-26-21-9-4-3-8-20(21)25(27)31/h3-4,8-9,17-19,22-23H,2,5-7,10-16H2,1H3/t18-,19+,22-,23-/m0/s1. The number of likely N-dealkylation sites (tertiary alicyclic amines) is 1. The highest BCUT2D eigenvalue weighted by Gasteiger charge is 2.47. The molecule has 0 aliphatic carbocycles. The van der Waals surface area contributed by atoms with Crippen molar-refractivity contribution in [2.45, 2.75) is 70.5 Å². The van der Waals surface area contributed by atoms with Gasteiger partial charge >= 0.3 is 0 Å². The van der Waals surface area contributed by atoms with Crippen molar-refractivity contribution < 1.29 is 4.79 Å². The number of piperidine rings is 3. The lowest BCUT2D eigenvalue weighted by Crippen LogP contribution is -2.64. The van der Waals surface area contributed by atoms with E-state index in [1.165, 1.54) is 45.1 Å². The maximum absolute atomic E-state index is 13.2. The van der Waals surface area contributed by atoms with Crippen molar-refractivity contribution in [1.29, 1.82) is 0 Å². The van der Waals surface area contributed by atoms with Gasteiger partial charge in [-0.05, 0) is 56.2 Å². The number of carbonyl (C=O) groups excluding carboxylic acids is 1. The molecule has 3 saturated heterocycles. The van der Waals surface area contributed by atoms with E-state index in [9.17, 15) is 9.59 Å². The van der Waals surface area contributed by atoms with Gasteiger partial charge in [-0.2, -0.15) is 0 Å². The first-order valence-corrected chi connectivity index (χ1v) is 12.1. The van der Waals surface area contributed by atoms with E-state index in [2.05, 4.69) is 21.7 Å². The molecule has 2 aromatic rings. The van der Waals surface area contributed by atoms with Crippen LogP contribution in [0.15, 0.2) is 35.4 Å². The number of nitrogens with zero attached hydrogens (tertiary/aromatic N) is 4. The molecule has 2 bridgehead atoms. The summed E-state index contributed by atoms with van der Waals surface area (Å²) < 4.78 is 1.59. The molecule has 3 aliphatic heterocycles. The van der Waals surface area contributed by atoms with E-state index >= 15 is 0 Å². The molecule has 4 atom stereocenters. The first-order valence-electron chi connectivity index (χ1n) is 12.1. The minimum Gasteiger partial charge on any atom is -0.342 e. The third-order valence-corrected chi connectivity index (χ3v) is 7.86. The van der Waals surface area contributed by atoms with Crippen molar-refractivity contribution in [2.75, 3.05) is 19.6 Å². The Kier molecular flexibility index (Phi) is 5.83. The van der Waals surface area contributed by atoms with Crippen LogP contribution in [0.25, 0.3) is 10.9 Å². The second kappa shape index (κ2) is 8.73. The normalized spacial score (nSPS) is 28.5. The number of aromatic nitrogens is 2. The van der Waals surface area contributed by atoms with Crippen LogP contribution in [0.5, 0.6) is 0 Å². The number of hydrogen-bond donors (Lipinski definition) is 0. The smallest absolute Gasteiger partial charge is 0.261 e. The van der Waals surface area contributed by atoms with Crippen LogP contribution in [0.2, 0.25) is 0 Å². The van der Waals surface area contributed by atoms with E-state index in [-0.39, 0.29) is 11.5 Å². The Morgan fingerprint density at radius 2 is 2.00 bits per heavy atom. The van der Waals surface area contributed by atoms with Crippen LogP contribution >= 0.6 is 0 Å². The zero-order valence-electron chi connectivity index (χ0n) is 18.6. The van der Waals surface area contributed by atoms with Gasteiger partial charge in [-0.15, -0.1) is 0 Å². The fourth-order valence-corrected chi connectivity index (χ4v) is 6.45. The topological polar surface area (TPSA) is 58.4 Å². The van der Waals surface area contributed by atoms with E-state index in [1.54, 1.807) is 17.0 Å². The van der Waals surface area contributed by atoms with Crippen molar-refractivity contribution >= 4 is 16.8 Å². The number of fused-ring (bicyclic) bond motifs is 5. The fraction of sp³-hybridized carbons (Fsp3) is 0.640. The Morgan fingerprint density at radius 1 is 1.16 bits per heavy atom. The zero-order valence-corrected chi connectivity index (χ0v) is 18.6. The number of aryl methyl sites for hydroxylation is 1. The summed E-state index contributed by atoms with van der Waals surface area (Å²) in [7, 11) is 0. The van der Waals surface area contributed by atoms with Crippen LogP contribution in [-0.2, 0) is 11.3 Å². The minimum absolute atomic E-state index is 0.0604. The molecule has 0 spiro atoms. The van der Waals surface area contributed by atoms with Crippen LogP contribution in [0.4, 0.5) is 0 Å². The Bertz CT molecular complexity index is 1000. The van der Waals surface area contributed by atoms with Crippen LogP contribution in [-0.4, -0.2) is 57.0 Å². The van der Waals surface area contributed by atoms with E-state index in [0.29, 0.717) is 47.8 Å². The molecule has 0 unspecified atom stereocenters. The average Bonchev–Trinajstić information content (AvgIpc) is 2.81. The van der Waals surface area contributed by atoms with Gasteiger partial charge in [-0.25, -0.2) is 4.98 Å². The van der Waals surface area contributed by atoms with Crippen molar-refractivity contribution in [3.8, 4) is 0 Å². The summed E-state index contributed by atoms with van der Waals surface area (Å²) in [4.78, 5) is 35.2. The average molecular weight is 423 g/mol. The summed E-state index contributed by atoms with van der Waals surface area (Å²) in [5, 5.41) is 0.616. The molecule has 166 valence electrons. The molecule has 6 heteroatoms. The van der Waals surface area contributed by atoms with Gasteiger partial charge in [-0.1, -0.05) is 31.9 Å². The number of carbonyl (C=O) groups is 1. The molecule has 1 aromatic heterocycles. The van der Waals surface area contributed by atoms with E-state index < -0.39 is 0 Å². The molecule has 0 N–H and O–H groups in total. The van der Waals surface area contributed by atoms with E-state index in [1.807, 2.05) is 18.2 Å². The molecule has 5 rings (SSSR count). The summed E-state index contributed by atoms with van der Waals surface area (Å²) in [5.74, 6) is 1.40. The maximum atomic E-state index is 13.2. The third kappa shape index (κ3) is 3.91. The summed E-state index contributed by atoms with van der Waals surface area (Å²) >= 11 is 0. The first-order chi connectivity index (χ1) is 15.2. The Morgan fingerprint density at radius 3 is 2.87 bits per heavy atom. The highest BCUT2D eigenvalue weighted by molar-refractivity contribution is 5.77. The van der Waals surface area contributed by atoms with Crippen LogP contribution < -0.4 is 5.56 Å². The number of rotatable bonds is 5. The number of para-hydroxylation sites is 1. The molecule has 1 aromatic carbocycles. The molecule has 3 fully saturated rings. The SMILES string of the molecule is CCC[C@H]1[C@H]2C[C@H](CN(C(=O)CCn3cnc4ccccc4c3=O)C2)[C@@H]2CCCCN21. The highest BCUT2D eigenvalue weighted by atomic mass is 16.2. The summed E-state index contributed by atoms with van der Waals surface area (Å²) in [6, 6.07) is 8.68. The van der Waals surface area contributed by atoms with Gasteiger partial charge in [0, 0.05) is 38.1 Å². The molecular weight excluding hydrogens is 388 g/mol. The predicted octanol–water partition coefficient (Wildman–Crippen LogP) is 3.29. The molecule has 31 heavy (non-hydrogen) atoms. The largest absolute Gasteiger partial charge is 0.342 e. The monoisotopic (exact) mass is 422 g/mol. The van der Waals surface area contributed by atoms with Gasteiger partial charge in [0.1, 0.15) is 0 Å². The van der Waals surface area contributed by atoms with Gasteiger partial charge in [0.15, 0.2) is 0 Å². The number of benzene rings is 1. The van der Waals surface area contributed by atoms with Crippen LogP contribution in [0, 0.1) is 11.8 Å². The van der Waals surface area contributed by atoms with Crippen LogP contribution in [0.3, 0.4) is 0 Å². The zero-order chi connectivity index (χ0) is 21.4. The Hall–Kier alpha value is -2.21. The maximum Gasteiger partial charge on any atom is 0.261 e. The molecule has 0 radical (unpaired) electrons. The second-order valence-corrected chi connectivity index (χ2v) is 9.72. The molecular formula is C25H34N4O2. The highest BCUT2D eigenvalue weighted by Crippen LogP contribution is 2.42. The van der Waals surface area contributed by atoms with Crippen molar-refractivity contribution in [2.24, 2.45) is 11.8 Å². The van der Waals surface area contributed by atoms with Crippen LogP contribution in [0.1, 0.15) is 51.9 Å². The predicted molar refractivity (Wildman–Crippen MR) is 122 cm³/mol. The van der Waals surface area contributed by atoms with E-state index in [0.717, 1.165) is 13.1 Å². The first kappa shape index (κ1) is 20.7. The Balaban J connectivity index is 1.28. The van der Waals surface area contributed by atoms with Gasteiger partial charge in [0.25, 0.3) is 5.56 Å². The lowest BCUT2D eigenvalue weighted by atomic mass is 9.71. The quantitative estimate of drug-likeness (QED) is 0.742. The van der Waals surface area contributed by atoms with Gasteiger partial charge in [-0.3, -0.25) is 19.1 Å². The number of hydrogen-bond acceptors (Lipinski definition) is 4. The lowest BCUT2D eigenvalue weighted by molar-refractivity contribution is -0.141. The van der Waals surface area contributed by atoms with Gasteiger partial charge < -0.3 is 4.90 Å². The summed E-state index contributed by atoms with van der Waals surface area (Å²) in [5.41, 5.74) is 0.646. The molecule has 1 amide bonds.